The first-order valence-electron chi connectivity index (χ1n) is 6.58. The van der Waals surface area contributed by atoms with Gasteiger partial charge in [-0.25, -0.2) is 4.39 Å². The van der Waals surface area contributed by atoms with Crippen molar-refractivity contribution in [3.05, 3.63) is 35.6 Å². The van der Waals surface area contributed by atoms with Crippen molar-refractivity contribution in [3.8, 4) is 0 Å². The SMILES string of the molecule is COCCNCC(CC(C)C)c1ccc(F)cc1. The van der Waals surface area contributed by atoms with Crippen LogP contribution in [0.1, 0.15) is 31.7 Å². The average molecular weight is 253 g/mol. The maximum Gasteiger partial charge on any atom is 0.123 e. The predicted molar refractivity (Wildman–Crippen MR) is 73.3 cm³/mol. The zero-order valence-electron chi connectivity index (χ0n) is 11.6. The van der Waals surface area contributed by atoms with Gasteiger partial charge < -0.3 is 10.1 Å². The van der Waals surface area contributed by atoms with E-state index in [2.05, 4.69) is 19.2 Å². The lowest BCUT2D eigenvalue weighted by Crippen LogP contribution is -2.25. The zero-order chi connectivity index (χ0) is 13.4. The molecule has 0 aliphatic heterocycles. The van der Waals surface area contributed by atoms with Crippen LogP contribution in [-0.4, -0.2) is 26.8 Å². The summed E-state index contributed by atoms with van der Waals surface area (Å²) in [5.74, 6) is 0.890. The second-order valence-electron chi connectivity index (χ2n) is 5.07. The summed E-state index contributed by atoms with van der Waals surface area (Å²) in [4.78, 5) is 0. The van der Waals surface area contributed by atoms with E-state index in [0.717, 1.165) is 26.1 Å². The summed E-state index contributed by atoms with van der Waals surface area (Å²) in [7, 11) is 1.70. The minimum absolute atomic E-state index is 0.172. The summed E-state index contributed by atoms with van der Waals surface area (Å²) in [5, 5.41) is 3.39. The quantitative estimate of drug-likeness (QED) is 0.718. The molecule has 1 aromatic rings. The first kappa shape index (κ1) is 15.1. The predicted octanol–water partition coefficient (Wildman–Crippen LogP) is 3.19. The van der Waals surface area contributed by atoms with Crippen LogP contribution in [0.2, 0.25) is 0 Å². The van der Waals surface area contributed by atoms with Crippen molar-refractivity contribution >= 4 is 0 Å². The van der Waals surface area contributed by atoms with E-state index in [1.807, 2.05) is 12.1 Å². The molecule has 1 N–H and O–H groups in total. The number of rotatable bonds is 8. The third-order valence-electron chi connectivity index (χ3n) is 2.97. The summed E-state index contributed by atoms with van der Waals surface area (Å²) >= 11 is 0. The fraction of sp³-hybridized carbons (Fsp3) is 0.600. The van der Waals surface area contributed by atoms with Crippen molar-refractivity contribution in [3.63, 3.8) is 0 Å². The Labute approximate surface area is 110 Å². The molecule has 18 heavy (non-hydrogen) atoms. The molecule has 1 aromatic carbocycles. The highest BCUT2D eigenvalue weighted by atomic mass is 19.1. The van der Waals surface area contributed by atoms with Crippen LogP contribution in [-0.2, 0) is 4.74 Å². The third kappa shape index (κ3) is 5.61. The third-order valence-corrected chi connectivity index (χ3v) is 2.97. The van der Waals surface area contributed by atoms with Crippen LogP contribution in [0.3, 0.4) is 0 Å². The minimum atomic E-state index is -0.172. The van der Waals surface area contributed by atoms with Crippen LogP contribution in [0.15, 0.2) is 24.3 Å². The molecular weight excluding hydrogens is 229 g/mol. The molecule has 0 spiro atoms. The maximum absolute atomic E-state index is 12.9. The Morgan fingerprint density at radius 2 is 1.89 bits per heavy atom. The molecule has 1 atom stereocenters. The molecule has 3 heteroatoms. The first-order valence-corrected chi connectivity index (χ1v) is 6.58. The van der Waals surface area contributed by atoms with Crippen LogP contribution in [0.4, 0.5) is 4.39 Å². The lowest BCUT2D eigenvalue weighted by molar-refractivity contribution is 0.198. The molecule has 1 rings (SSSR count). The van der Waals surface area contributed by atoms with Gasteiger partial charge in [-0.1, -0.05) is 26.0 Å². The molecule has 102 valence electrons. The Hall–Kier alpha value is -0.930. The second kappa shape index (κ2) is 8.22. The summed E-state index contributed by atoms with van der Waals surface area (Å²) in [6.07, 6.45) is 1.10. The number of benzene rings is 1. The molecular formula is C15H24FNO. The van der Waals surface area contributed by atoms with Crippen molar-refractivity contribution < 1.29 is 9.13 Å². The molecule has 0 saturated heterocycles. The fourth-order valence-corrected chi connectivity index (χ4v) is 2.09. The van der Waals surface area contributed by atoms with E-state index >= 15 is 0 Å². The molecule has 0 aliphatic carbocycles. The van der Waals surface area contributed by atoms with Gasteiger partial charge in [0.15, 0.2) is 0 Å². The Balaban J connectivity index is 2.57. The van der Waals surface area contributed by atoms with Gasteiger partial charge in [0.2, 0.25) is 0 Å². The molecule has 0 radical (unpaired) electrons. The van der Waals surface area contributed by atoms with Gasteiger partial charge in [-0.3, -0.25) is 0 Å². The van der Waals surface area contributed by atoms with Crippen LogP contribution in [0, 0.1) is 11.7 Å². The molecule has 0 heterocycles. The lowest BCUT2D eigenvalue weighted by Gasteiger charge is -2.20. The molecule has 0 saturated carbocycles. The molecule has 0 aliphatic rings. The smallest absolute Gasteiger partial charge is 0.123 e. The van der Waals surface area contributed by atoms with Crippen molar-refractivity contribution in [1.82, 2.24) is 5.32 Å². The summed E-state index contributed by atoms with van der Waals surface area (Å²) < 4.78 is 17.9. The maximum atomic E-state index is 12.9. The van der Waals surface area contributed by atoms with Gasteiger partial charge in [0.1, 0.15) is 5.82 Å². The molecule has 2 nitrogen and oxygen atoms in total. The number of hydrogen-bond donors (Lipinski definition) is 1. The zero-order valence-corrected chi connectivity index (χ0v) is 11.6. The number of halogens is 1. The van der Waals surface area contributed by atoms with Crippen molar-refractivity contribution in [2.24, 2.45) is 5.92 Å². The van der Waals surface area contributed by atoms with E-state index in [1.165, 1.54) is 17.7 Å². The van der Waals surface area contributed by atoms with Crippen LogP contribution < -0.4 is 5.32 Å². The van der Waals surface area contributed by atoms with Gasteiger partial charge in [0.25, 0.3) is 0 Å². The highest BCUT2D eigenvalue weighted by Crippen LogP contribution is 2.23. The monoisotopic (exact) mass is 253 g/mol. The van der Waals surface area contributed by atoms with Gasteiger partial charge in [0.05, 0.1) is 6.61 Å². The number of hydrogen-bond acceptors (Lipinski definition) is 2. The van der Waals surface area contributed by atoms with Gasteiger partial charge in [-0.2, -0.15) is 0 Å². The van der Waals surface area contributed by atoms with Crippen LogP contribution in [0.5, 0.6) is 0 Å². The Morgan fingerprint density at radius 3 is 2.44 bits per heavy atom. The van der Waals surface area contributed by atoms with E-state index in [4.69, 9.17) is 4.74 Å². The van der Waals surface area contributed by atoms with Crippen molar-refractivity contribution in [1.29, 1.82) is 0 Å². The minimum Gasteiger partial charge on any atom is -0.383 e. The Kier molecular flexibility index (Phi) is 6.91. The molecule has 0 amide bonds. The normalized spacial score (nSPS) is 12.9. The molecule has 1 unspecified atom stereocenters. The average Bonchev–Trinajstić information content (AvgIpc) is 2.34. The number of nitrogens with one attached hydrogen (secondary N) is 1. The van der Waals surface area contributed by atoms with E-state index < -0.39 is 0 Å². The van der Waals surface area contributed by atoms with E-state index in [-0.39, 0.29) is 5.82 Å². The lowest BCUT2D eigenvalue weighted by atomic mass is 9.90. The van der Waals surface area contributed by atoms with E-state index in [9.17, 15) is 4.39 Å². The van der Waals surface area contributed by atoms with Gasteiger partial charge >= 0.3 is 0 Å². The fourth-order valence-electron chi connectivity index (χ4n) is 2.09. The number of ether oxygens (including phenoxy) is 1. The molecule has 0 bridgehead atoms. The van der Waals surface area contributed by atoms with Crippen LogP contribution >= 0.6 is 0 Å². The van der Waals surface area contributed by atoms with Gasteiger partial charge in [-0.05, 0) is 36.0 Å². The van der Waals surface area contributed by atoms with E-state index in [0.29, 0.717) is 11.8 Å². The van der Waals surface area contributed by atoms with Crippen LogP contribution in [0.25, 0.3) is 0 Å². The number of methoxy groups -OCH3 is 1. The largest absolute Gasteiger partial charge is 0.383 e. The van der Waals surface area contributed by atoms with Gasteiger partial charge in [-0.15, -0.1) is 0 Å². The standard InChI is InChI=1S/C15H24FNO/c1-12(2)10-14(11-17-8-9-18-3)13-4-6-15(16)7-5-13/h4-7,12,14,17H,8-11H2,1-3H3. The van der Waals surface area contributed by atoms with E-state index in [1.54, 1.807) is 7.11 Å². The Morgan fingerprint density at radius 1 is 1.22 bits per heavy atom. The van der Waals surface area contributed by atoms with Gasteiger partial charge in [0, 0.05) is 20.2 Å². The second-order valence-corrected chi connectivity index (χ2v) is 5.07. The first-order chi connectivity index (χ1) is 8.63. The molecule has 0 fully saturated rings. The highest BCUT2D eigenvalue weighted by Gasteiger charge is 2.13. The summed E-state index contributed by atoms with van der Waals surface area (Å²) in [6.45, 7) is 6.91. The highest BCUT2D eigenvalue weighted by molar-refractivity contribution is 5.20. The molecule has 0 aromatic heterocycles. The van der Waals surface area contributed by atoms with Crippen molar-refractivity contribution in [2.45, 2.75) is 26.2 Å². The summed E-state index contributed by atoms with van der Waals surface area (Å²) in [5.41, 5.74) is 1.20. The topological polar surface area (TPSA) is 21.3 Å². The summed E-state index contributed by atoms with van der Waals surface area (Å²) in [6, 6.07) is 6.86. The van der Waals surface area contributed by atoms with Crippen molar-refractivity contribution in [2.75, 3.05) is 26.8 Å². The Bertz CT molecular complexity index is 324.